The summed E-state index contributed by atoms with van der Waals surface area (Å²) in [6, 6.07) is 0. The first-order valence-electron chi connectivity index (χ1n) is 5.75. The molecule has 0 aromatic carbocycles. The van der Waals surface area contributed by atoms with Crippen LogP contribution in [0.25, 0.3) is 0 Å². The van der Waals surface area contributed by atoms with Crippen molar-refractivity contribution in [2.75, 3.05) is 0 Å². The molecule has 0 aliphatic carbocycles. The molecule has 0 bridgehead atoms. The number of hydrogen-bond donors (Lipinski definition) is 0. The topological polar surface area (TPSA) is 9.23 Å². The Hall–Kier alpha value is 1.03. The molecule has 1 aliphatic heterocycles. The van der Waals surface area contributed by atoms with Crippen molar-refractivity contribution in [3.63, 3.8) is 0 Å². The maximum atomic E-state index is 6.16. The smallest absolute Gasteiger partial charge is 0.189 e. The second kappa shape index (κ2) is 6.10. The number of halogens is 1. The molecule has 0 radical (unpaired) electrons. The summed E-state index contributed by atoms with van der Waals surface area (Å²) in [6.07, 6.45) is 5.25. The third-order valence-electron chi connectivity index (χ3n) is 2.72. The predicted octanol–water partition coefficient (Wildman–Crippen LogP) is 5.58. The van der Waals surface area contributed by atoms with Crippen molar-refractivity contribution in [1.29, 1.82) is 0 Å². The van der Waals surface area contributed by atoms with Gasteiger partial charge in [0.1, 0.15) is 0 Å². The maximum Gasteiger partial charge on any atom is 0.189 e. The highest BCUT2D eigenvalue weighted by molar-refractivity contribution is 8.62. The number of rotatable bonds is 4. The van der Waals surface area contributed by atoms with Crippen LogP contribution in [0.1, 0.15) is 53.4 Å². The Morgan fingerprint density at radius 3 is 2.80 bits per heavy atom. The highest BCUT2D eigenvalue weighted by Gasteiger charge is 2.35. The largest absolute Gasteiger partial charge is 0.332 e. The molecule has 1 heterocycles. The molecule has 0 saturated carbocycles. The molecular formula is C11H22ClOPS. The van der Waals surface area contributed by atoms with Gasteiger partial charge in [0.25, 0.3) is 0 Å². The van der Waals surface area contributed by atoms with Gasteiger partial charge in [-0.25, -0.2) is 0 Å². The van der Waals surface area contributed by atoms with E-state index in [1.165, 1.54) is 19.3 Å². The van der Waals surface area contributed by atoms with Crippen LogP contribution in [0.3, 0.4) is 0 Å². The normalized spacial score (nSPS) is 32.6. The van der Waals surface area contributed by atoms with E-state index in [1.807, 2.05) is 0 Å². The fourth-order valence-corrected chi connectivity index (χ4v) is 7.13. The Balaban J connectivity index is 2.41. The molecular weight excluding hydrogens is 247 g/mol. The van der Waals surface area contributed by atoms with E-state index >= 15 is 0 Å². The second-order valence-corrected chi connectivity index (χ2v) is 10.1. The van der Waals surface area contributed by atoms with Gasteiger partial charge in [0.15, 0.2) is 6.70 Å². The van der Waals surface area contributed by atoms with Gasteiger partial charge in [-0.15, -0.1) is 0 Å². The van der Waals surface area contributed by atoms with Gasteiger partial charge in [-0.3, -0.25) is 0 Å². The monoisotopic (exact) mass is 268 g/mol. The van der Waals surface area contributed by atoms with Gasteiger partial charge in [-0.2, -0.15) is 0 Å². The minimum atomic E-state index is -0.770. The first kappa shape index (κ1) is 14.1. The molecule has 0 aromatic rings. The Labute approximate surface area is 104 Å². The third kappa shape index (κ3) is 5.26. The summed E-state index contributed by atoms with van der Waals surface area (Å²) in [5, 5.41) is 0. The van der Waals surface area contributed by atoms with Crippen LogP contribution in [-0.4, -0.2) is 10.9 Å². The summed E-state index contributed by atoms with van der Waals surface area (Å²) < 4.78 is 6.13. The van der Waals surface area contributed by atoms with Gasteiger partial charge in [0.2, 0.25) is 0 Å². The van der Waals surface area contributed by atoms with Crippen molar-refractivity contribution < 1.29 is 4.52 Å². The lowest BCUT2D eigenvalue weighted by atomic mass is 9.94. The number of hydrogen-bond acceptors (Lipinski definition) is 2. The van der Waals surface area contributed by atoms with E-state index in [1.54, 1.807) is 11.4 Å². The van der Waals surface area contributed by atoms with E-state index in [9.17, 15) is 0 Å². The van der Waals surface area contributed by atoms with Crippen molar-refractivity contribution in [3.8, 4) is 0 Å². The van der Waals surface area contributed by atoms with Crippen molar-refractivity contribution in [3.05, 3.63) is 0 Å². The van der Waals surface area contributed by atoms with Gasteiger partial charge in [0, 0.05) is 4.75 Å². The molecule has 1 rings (SSSR count). The van der Waals surface area contributed by atoms with Crippen molar-refractivity contribution in [2.24, 2.45) is 5.92 Å². The summed E-state index contributed by atoms with van der Waals surface area (Å²) >= 11 is 7.96. The summed E-state index contributed by atoms with van der Waals surface area (Å²) in [5.41, 5.74) is 0. The predicted molar refractivity (Wildman–Crippen MR) is 72.6 cm³/mol. The molecule has 0 N–H and O–H groups in total. The fraction of sp³-hybridized carbons (Fsp3) is 1.00. The lowest BCUT2D eigenvalue weighted by molar-refractivity contribution is 0.169. The van der Waals surface area contributed by atoms with Crippen LogP contribution in [0.5, 0.6) is 0 Å². The molecule has 15 heavy (non-hydrogen) atoms. The first-order valence-corrected chi connectivity index (χ1v) is 9.33. The van der Waals surface area contributed by atoms with Crippen LogP contribution in [-0.2, 0) is 4.52 Å². The molecule has 3 atom stereocenters. The highest BCUT2D eigenvalue weighted by atomic mass is 35.7. The average molecular weight is 269 g/mol. The molecule has 90 valence electrons. The quantitative estimate of drug-likeness (QED) is 0.616. The average Bonchev–Trinajstić information content (AvgIpc) is 1.99. The van der Waals surface area contributed by atoms with Crippen LogP contribution < -0.4 is 0 Å². The molecule has 0 amide bonds. The minimum Gasteiger partial charge on any atom is -0.332 e. The van der Waals surface area contributed by atoms with Gasteiger partial charge in [0.05, 0.1) is 6.10 Å². The molecule has 4 heteroatoms. The standard InChI is InChI=1S/C11H22ClOPS/c1-5-6-9(2)7-10-8-11(3,4)15-14(12)13-10/h9-10H,5-8H2,1-4H3/t9-,10?,14?/m1/s1. The van der Waals surface area contributed by atoms with Crippen LogP contribution in [0.15, 0.2) is 0 Å². The molecule has 0 aromatic heterocycles. The van der Waals surface area contributed by atoms with E-state index in [-0.39, 0.29) is 0 Å². The van der Waals surface area contributed by atoms with Crippen molar-refractivity contribution in [1.82, 2.24) is 0 Å². The summed E-state index contributed by atoms with van der Waals surface area (Å²) in [4.78, 5) is 0. The summed E-state index contributed by atoms with van der Waals surface area (Å²) in [7, 11) is 0. The van der Waals surface area contributed by atoms with Crippen molar-refractivity contribution in [2.45, 2.75) is 64.2 Å². The van der Waals surface area contributed by atoms with E-state index in [0.29, 0.717) is 10.9 Å². The Morgan fingerprint density at radius 1 is 1.60 bits per heavy atom. The third-order valence-corrected chi connectivity index (χ3v) is 7.02. The zero-order chi connectivity index (χ0) is 11.5. The second-order valence-electron chi connectivity index (χ2n) is 5.12. The minimum absolute atomic E-state index is 0.294. The van der Waals surface area contributed by atoms with Crippen LogP contribution in [0.4, 0.5) is 0 Å². The van der Waals surface area contributed by atoms with Gasteiger partial charge in [-0.05, 0) is 18.8 Å². The summed E-state index contributed by atoms with van der Waals surface area (Å²) in [6.45, 7) is 8.34. The highest BCUT2D eigenvalue weighted by Crippen LogP contribution is 2.66. The van der Waals surface area contributed by atoms with Gasteiger partial charge >= 0.3 is 0 Å². The molecule has 0 spiro atoms. The fourth-order valence-electron chi connectivity index (χ4n) is 2.14. The van der Waals surface area contributed by atoms with Crippen molar-refractivity contribution >= 4 is 29.3 Å². The van der Waals surface area contributed by atoms with Crippen LogP contribution in [0, 0.1) is 5.92 Å². The Kier molecular flexibility index (Phi) is 5.73. The molecule has 1 saturated heterocycles. The Bertz CT molecular complexity index is 201. The van der Waals surface area contributed by atoms with E-state index < -0.39 is 6.70 Å². The molecule has 1 fully saturated rings. The van der Waals surface area contributed by atoms with E-state index in [2.05, 4.69) is 27.7 Å². The van der Waals surface area contributed by atoms with Gasteiger partial charge < -0.3 is 4.52 Å². The molecule has 2 unspecified atom stereocenters. The first-order chi connectivity index (χ1) is 6.93. The molecule has 1 aliphatic rings. The SMILES string of the molecule is CCC[C@@H](C)CC1CC(C)(C)SP(Cl)O1. The maximum absolute atomic E-state index is 6.16. The van der Waals surface area contributed by atoms with Crippen LogP contribution in [0.2, 0.25) is 0 Å². The zero-order valence-electron chi connectivity index (χ0n) is 10.1. The summed E-state index contributed by atoms with van der Waals surface area (Å²) in [5.74, 6) is 0.763. The zero-order valence-corrected chi connectivity index (χ0v) is 12.6. The van der Waals surface area contributed by atoms with Crippen LogP contribution >= 0.6 is 29.3 Å². The van der Waals surface area contributed by atoms with Gasteiger partial charge in [-0.1, -0.05) is 63.2 Å². The lowest BCUT2D eigenvalue weighted by Crippen LogP contribution is -2.29. The van der Waals surface area contributed by atoms with E-state index in [0.717, 1.165) is 12.3 Å². The Morgan fingerprint density at radius 2 is 2.27 bits per heavy atom. The van der Waals surface area contributed by atoms with E-state index in [4.69, 9.17) is 15.8 Å². The lowest BCUT2D eigenvalue weighted by Gasteiger charge is -2.37. The molecule has 1 nitrogen and oxygen atoms in total.